The van der Waals surface area contributed by atoms with E-state index in [1.807, 2.05) is 30.3 Å². The highest BCUT2D eigenvalue weighted by Crippen LogP contribution is 2.16. The molecule has 0 aliphatic heterocycles. The number of hydrogen-bond donors (Lipinski definition) is 1. The van der Waals surface area contributed by atoms with Gasteiger partial charge in [-0.3, -0.25) is 9.78 Å². The maximum Gasteiger partial charge on any atom is 0.270 e. The van der Waals surface area contributed by atoms with Crippen molar-refractivity contribution in [2.24, 2.45) is 0 Å². The van der Waals surface area contributed by atoms with Crippen LogP contribution in [0.25, 0.3) is 10.8 Å². The normalized spacial score (nSPS) is 10.5. The lowest BCUT2D eigenvalue weighted by atomic mass is 10.1. The summed E-state index contributed by atoms with van der Waals surface area (Å²) >= 11 is 0. The maximum absolute atomic E-state index is 12.1. The number of nitrogens with one attached hydrogen (secondary N) is 1. The van der Waals surface area contributed by atoms with Crippen molar-refractivity contribution in [3.05, 3.63) is 60.2 Å². The molecule has 0 saturated carbocycles. The fourth-order valence-electron chi connectivity index (χ4n) is 1.89. The fraction of sp³-hybridized carbons (Fsp3) is 0.0714. The molecule has 0 saturated heterocycles. The molecule has 0 spiro atoms. The summed E-state index contributed by atoms with van der Waals surface area (Å²) in [7, 11) is 0. The number of amides is 1. The summed E-state index contributed by atoms with van der Waals surface area (Å²) in [4.78, 5) is 16.3. The lowest BCUT2D eigenvalue weighted by Gasteiger charge is -2.05. The Labute approximate surface area is 109 Å². The first kappa shape index (κ1) is 11.4. The first-order valence-corrected chi connectivity index (χ1v) is 5.86. The van der Waals surface area contributed by atoms with Gasteiger partial charge in [0.1, 0.15) is 5.69 Å². The Kier molecular flexibility index (Phi) is 2.94. The molecule has 5 heteroatoms. The van der Waals surface area contributed by atoms with E-state index in [4.69, 9.17) is 4.52 Å². The van der Waals surface area contributed by atoms with Gasteiger partial charge in [0.05, 0.1) is 12.7 Å². The van der Waals surface area contributed by atoms with E-state index in [0.29, 0.717) is 18.0 Å². The minimum atomic E-state index is -0.229. The number of fused-ring (bicyclic) bond motifs is 1. The van der Waals surface area contributed by atoms with Crippen LogP contribution in [0.3, 0.4) is 0 Å². The molecule has 1 N–H and O–H groups in total. The van der Waals surface area contributed by atoms with Gasteiger partial charge in [0.2, 0.25) is 0 Å². The number of carbonyl (C=O) groups is 1. The van der Waals surface area contributed by atoms with E-state index in [1.54, 1.807) is 12.3 Å². The highest BCUT2D eigenvalue weighted by molar-refractivity contribution is 6.05. The van der Waals surface area contributed by atoms with Gasteiger partial charge in [-0.1, -0.05) is 29.4 Å². The van der Waals surface area contributed by atoms with Gasteiger partial charge in [0.15, 0.2) is 5.76 Å². The summed E-state index contributed by atoms with van der Waals surface area (Å²) in [6.45, 7) is 0.295. The molecule has 0 aliphatic carbocycles. The second-order valence-corrected chi connectivity index (χ2v) is 4.04. The molecule has 0 bridgehead atoms. The minimum Gasteiger partial charge on any atom is -0.360 e. The van der Waals surface area contributed by atoms with E-state index in [0.717, 1.165) is 10.8 Å². The third-order valence-electron chi connectivity index (χ3n) is 2.80. The summed E-state index contributed by atoms with van der Waals surface area (Å²) in [6, 6.07) is 11.2. The SMILES string of the molecule is O=C(NCc1ccno1)c1nccc2ccccc12. The number of aromatic nitrogens is 2. The van der Waals surface area contributed by atoms with Crippen molar-refractivity contribution >= 4 is 16.7 Å². The van der Waals surface area contributed by atoms with Crippen LogP contribution in [0.1, 0.15) is 16.2 Å². The lowest BCUT2D eigenvalue weighted by Crippen LogP contribution is -2.23. The molecule has 2 heterocycles. The molecule has 0 fully saturated rings. The molecule has 0 atom stereocenters. The molecular weight excluding hydrogens is 242 g/mol. The molecule has 1 amide bonds. The molecule has 1 aromatic carbocycles. The molecule has 19 heavy (non-hydrogen) atoms. The second-order valence-electron chi connectivity index (χ2n) is 4.04. The Bertz CT molecular complexity index is 702. The van der Waals surface area contributed by atoms with Gasteiger partial charge >= 0.3 is 0 Å². The lowest BCUT2D eigenvalue weighted by molar-refractivity contribution is 0.0944. The van der Waals surface area contributed by atoms with Crippen LogP contribution in [0.5, 0.6) is 0 Å². The Morgan fingerprint density at radius 2 is 2.05 bits per heavy atom. The van der Waals surface area contributed by atoms with Crippen LogP contribution < -0.4 is 5.32 Å². The van der Waals surface area contributed by atoms with Crippen molar-refractivity contribution in [2.75, 3.05) is 0 Å². The van der Waals surface area contributed by atoms with Crippen LogP contribution >= 0.6 is 0 Å². The number of carbonyl (C=O) groups excluding carboxylic acids is 1. The van der Waals surface area contributed by atoms with E-state index in [9.17, 15) is 4.79 Å². The molecule has 0 unspecified atom stereocenters. The van der Waals surface area contributed by atoms with Gasteiger partial charge in [-0.05, 0) is 11.5 Å². The Morgan fingerprint density at radius 1 is 1.16 bits per heavy atom. The van der Waals surface area contributed by atoms with Gasteiger partial charge < -0.3 is 9.84 Å². The van der Waals surface area contributed by atoms with Crippen molar-refractivity contribution in [2.45, 2.75) is 6.54 Å². The largest absolute Gasteiger partial charge is 0.360 e. The Balaban J connectivity index is 1.85. The highest BCUT2D eigenvalue weighted by Gasteiger charge is 2.11. The number of benzene rings is 1. The highest BCUT2D eigenvalue weighted by atomic mass is 16.5. The van der Waals surface area contributed by atoms with Crippen molar-refractivity contribution < 1.29 is 9.32 Å². The standard InChI is InChI=1S/C14H11N3O2/c18-14(16-9-11-6-8-17-19-11)13-12-4-2-1-3-10(12)5-7-15-13/h1-8H,9H2,(H,16,18). The molecule has 0 radical (unpaired) electrons. The van der Waals surface area contributed by atoms with Crippen molar-refractivity contribution in [3.63, 3.8) is 0 Å². The van der Waals surface area contributed by atoms with Gasteiger partial charge in [-0.25, -0.2) is 0 Å². The van der Waals surface area contributed by atoms with Gasteiger partial charge in [-0.2, -0.15) is 0 Å². The third-order valence-corrected chi connectivity index (χ3v) is 2.80. The topological polar surface area (TPSA) is 68.0 Å². The molecule has 3 aromatic rings. The fourth-order valence-corrected chi connectivity index (χ4v) is 1.89. The minimum absolute atomic E-state index is 0.229. The molecular formula is C14H11N3O2. The average Bonchev–Trinajstić information content (AvgIpc) is 2.97. The van der Waals surface area contributed by atoms with E-state index >= 15 is 0 Å². The molecule has 0 aliphatic rings. The number of rotatable bonds is 3. The zero-order valence-corrected chi connectivity index (χ0v) is 10.0. The van der Waals surface area contributed by atoms with Crippen LogP contribution in [0.2, 0.25) is 0 Å². The van der Waals surface area contributed by atoms with Crippen molar-refractivity contribution in [1.29, 1.82) is 0 Å². The zero-order valence-electron chi connectivity index (χ0n) is 10.0. The van der Waals surface area contributed by atoms with Gasteiger partial charge in [-0.15, -0.1) is 0 Å². The summed E-state index contributed by atoms with van der Waals surface area (Å²) in [5, 5.41) is 8.16. The molecule has 3 rings (SSSR count). The van der Waals surface area contributed by atoms with Gasteiger partial charge in [0, 0.05) is 17.6 Å². The van der Waals surface area contributed by atoms with E-state index in [1.165, 1.54) is 6.20 Å². The quantitative estimate of drug-likeness (QED) is 0.776. The first-order chi connectivity index (χ1) is 9.34. The van der Waals surface area contributed by atoms with Crippen LogP contribution in [-0.4, -0.2) is 16.0 Å². The van der Waals surface area contributed by atoms with Crippen LogP contribution in [0.4, 0.5) is 0 Å². The monoisotopic (exact) mass is 253 g/mol. The maximum atomic E-state index is 12.1. The molecule has 2 aromatic heterocycles. The van der Waals surface area contributed by atoms with E-state index < -0.39 is 0 Å². The van der Waals surface area contributed by atoms with Crippen LogP contribution in [0.15, 0.2) is 53.3 Å². The smallest absolute Gasteiger partial charge is 0.270 e. The average molecular weight is 253 g/mol. The predicted octanol–water partition coefficient (Wildman–Crippen LogP) is 2.15. The van der Waals surface area contributed by atoms with E-state index in [2.05, 4.69) is 15.5 Å². The second kappa shape index (κ2) is 4.89. The Morgan fingerprint density at radius 3 is 2.89 bits per heavy atom. The molecule has 5 nitrogen and oxygen atoms in total. The Hall–Kier alpha value is -2.69. The summed E-state index contributed by atoms with van der Waals surface area (Å²) in [5.41, 5.74) is 0.414. The van der Waals surface area contributed by atoms with Gasteiger partial charge in [0.25, 0.3) is 5.91 Å². The zero-order chi connectivity index (χ0) is 13.1. The number of pyridine rings is 1. The van der Waals surface area contributed by atoms with Crippen molar-refractivity contribution in [3.8, 4) is 0 Å². The van der Waals surface area contributed by atoms with E-state index in [-0.39, 0.29) is 5.91 Å². The predicted molar refractivity (Wildman–Crippen MR) is 69.4 cm³/mol. The summed E-state index contributed by atoms with van der Waals surface area (Å²) in [6.07, 6.45) is 3.17. The van der Waals surface area contributed by atoms with Crippen molar-refractivity contribution in [1.82, 2.24) is 15.5 Å². The number of hydrogen-bond acceptors (Lipinski definition) is 4. The van der Waals surface area contributed by atoms with Crippen LogP contribution in [0, 0.1) is 0 Å². The third kappa shape index (κ3) is 2.30. The number of nitrogens with zero attached hydrogens (tertiary/aromatic N) is 2. The van der Waals surface area contributed by atoms with Crippen LogP contribution in [-0.2, 0) is 6.54 Å². The first-order valence-electron chi connectivity index (χ1n) is 5.86. The molecule has 94 valence electrons. The summed E-state index contributed by atoms with van der Waals surface area (Å²) in [5.74, 6) is 0.377. The summed E-state index contributed by atoms with van der Waals surface area (Å²) < 4.78 is 4.92.